The van der Waals surface area contributed by atoms with Crippen molar-refractivity contribution in [3.05, 3.63) is 58.7 Å². The van der Waals surface area contributed by atoms with E-state index in [1.807, 2.05) is 0 Å². The van der Waals surface area contributed by atoms with E-state index in [9.17, 15) is 0 Å². The summed E-state index contributed by atoms with van der Waals surface area (Å²) in [7, 11) is 0. The normalized spacial score (nSPS) is 10.5. The molecule has 0 saturated heterocycles. The van der Waals surface area contributed by atoms with E-state index < -0.39 is 0 Å². The van der Waals surface area contributed by atoms with Crippen LogP contribution in [-0.4, -0.2) is 0 Å². The standard InChI is InChI=1S/C16H18/c1-11-5-6-13(3)16(9-11)15-8-7-12(2)14(4)10-15/h5-10H,1-4H3. The molecule has 0 N–H and O–H groups in total. The summed E-state index contributed by atoms with van der Waals surface area (Å²) in [5, 5.41) is 0. The van der Waals surface area contributed by atoms with Gasteiger partial charge in [-0.2, -0.15) is 0 Å². The summed E-state index contributed by atoms with van der Waals surface area (Å²) >= 11 is 0. The molecule has 0 spiro atoms. The molecule has 0 aliphatic carbocycles. The van der Waals surface area contributed by atoms with E-state index in [-0.39, 0.29) is 0 Å². The van der Waals surface area contributed by atoms with Crippen molar-refractivity contribution in [1.82, 2.24) is 0 Å². The second-order valence-electron chi connectivity index (χ2n) is 4.62. The Morgan fingerprint density at radius 3 is 2.00 bits per heavy atom. The molecule has 0 radical (unpaired) electrons. The highest BCUT2D eigenvalue weighted by molar-refractivity contribution is 5.69. The van der Waals surface area contributed by atoms with Crippen LogP contribution < -0.4 is 0 Å². The summed E-state index contributed by atoms with van der Waals surface area (Å²) in [6, 6.07) is 13.3. The minimum Gasteiger partial charge on any atom is -0.0590 e. The molecule has 0 atom stereocenters. The molecule has 0 heteroatoms. The summed E-state index contributed by atoms with van der Waals surface area (Å²) in [6.07, 6.45) is 0. The molecular weight excluding hydrogens is 192 g/mol. The molecule has 82 valence electrons. The van der Waals surface area contributed by atoms with Crippen molar-refractivity contribution >= 4 is 0 Å². The first-order valence-electron chi connectivity index (χ1n) is 5.73. The van der Waals surface area contributed by atoms with Crippen molar-refractivity contribution in [2.24, 2.45) is 0 Å². The second-order valence-corrected chi connectivity index (χ2v) is 4.62. The zero-order valence-electron chi connectivity index (χ0n) is 10.5. The SMILES string of the molecule is Cc1ccc(C)c(-c2ccc(C)c(C)c2)c1. The lowest BCUT2D eigenvalue weighted by atomic mass is 9.96. The van der Waals surface area contributed by atoms with Gasteiger partial charge in [0, 0.05) is 0 Å². The largest absolute Gasteiger partial charge is 0.0590 e. The number of aryl methyl sites for hydroxylation is 4. The fourth-order valence-electron chi connectivity index (χ4n) is 1.96. The van der Waals surface area contributed by atoms with Crippen molar-refractivity contribution in [2.45, 2.75) is 27.7 Å². The number of hydrogen-bond acceptors (Lipinski definition) is 0. The first-order chi connectivity index (χ1) is 7.58. The van der Waals surface area contributed by atoms with Crippen LogP contribution in [0, 0.1) is 27.7 Å². The molecule has 0 aliphatic rings. The van der Waals surface area contributed by atoms with Crippen molar-refractivity contribution in [3.63, 3.8) is 0 Å². The molecular formula is C16H18. The monoisotopic (exact) mass is 210 g/mol. The molecule has 0 aromatic heterocycles. The fourth-order valence-corrected chi connectivity index (χ4v) is 1.96. The molecule has 2 aromatic rings. The summed E-state index contributed by atoms with van der Waals surface area (Å²) in [6.45, 7) is 8.64. The fraction of sp³-hybridized carbons (Fsp3) is 0.250. The number of rotatable bonds is 1. The predicted molar refractivity (Wildman–Crippen MR) is 70.8 cm³/mol. The molecule has 16 heavy (non-hydrogen) atoms. The third-order valence-corrected chi connectivity index (χ3v) is 3.21. The van der Waals surface area contributed by atoms with Crippen LogP contribution in [0.3, 0.4) is 0 Å². The number of hydrogen-bond donors (Lipinski definition) is 0. The van der Waals surface area contributed by atoms with E-state index in [0.717, 1.165) is 0 Å². The van der Waals surface area contributed by atoms with Crippen LogP contribution in [0.15, 0.2) is 36.4 Å². The van der Waals surface area contributed by atoms with Crippen LogP contribution in [-0.2, 0) is 0 Å². The predicted octanol–water partition coefficient (Wildman–Crippen LogP) is 4.59. The third kappa shape index (κ3) is 2.01. The first-order valence-corrected chi connectivity index (χ1v) is 5.73. The zero-order chi connectivity index (χ0) is 11.7. The summed E-state index contributed by atoms with van der Waals surface area (Å²) in [5.41, 5.74) is 8.05. The highest BCUT2D eigenvalue weighted by atomic mass is 14.1. The highest BCUT2D eigenvalue weighted by Gasteiger charge is 2.03. The van der Waals surface area contributed by atoms with Crippen molar-refractivity contribution in [1.29, 1.82) is 0 Å². The van der Waals surface area contributed by atoms with Gasteiger partial charge in [-0.1, -0.05) is 42.0 Å². The lowest BCUT2D eigenvalue weighted by Gasteiger charge is -2.09. The molecule has 2 aromatic carbocycles. The van der Waals surface area contributed by atoms with Gasteiger partial charge in [0.05, 0.1) is 0 Å². The number of benzene rings is 2. The minimum absolute atomic E-state index is 1.32. The van der Waals surface area contributed by atoms with Gasteiger partial charge in [0.25, 0.3) is 0 Å². The van der Waals surface area contributed by atoms with Crippen molar-refractivity contribution < 1.29 is 0 Å². The first kappa shape index (κ1) is 10.9. The average Bonchev–Trinajstić information content (AvgIpc) is 2.26. The van der Waals surface area contributed by atoms with E-state index in [1.54, 1.807) is 0 Å². The van der Waals surface area contributed by atoms with E-state index in [1.165, 1.54) is 33.4 Å². The molecule has 0 amide bonds. The van der Waals surface area contributed by atoms with Crippen molar-refractivity contribution in [3.8, 4) is 11.1 Å². The highest BCUT2D eigenvalue weighted by Crippen LogP contribution is 2.26. The topological polar surface area (TPSA) is 0 Å². The Bertz CT molecular complexity index is 522. The van der Waals surface area contributed by atoms with Gasteiger partial charge in [0.1, 0.15) is 0 Å². The molecule has 0 heterocycles. The molecule has 0 nitrogen and oxygen atoms in total. The zero-order valence-corrected chi connectivity index (χ0v) is 10.5. The molecule has 0 saturated carbocycles. The molecule has 0 unspecified atom stereocenters. The van der Waals surface area contributed by atoms with Crippen LogP contribution in [0.5, 0.6) is 0 Å². The van der Waals surface area contributed by atoms with Gasteiger partial charge in [-0.05, 0) is 55.5 Å². The lowest BCUT2D eigenvalue weighted by molar-refractivity contribution is 1.33. The summed E-state index contributed by atoms with van der Waals surface area (Å²) < 4.78 is 0. The summed E-state index contributed by atoms with van der Waals surface area (Å²) in [5.74, 6) is 0. The molecule has 2 rings (SSSR count). The Morgan fingerprint density at radius 1 is 0.625 bits per heavy atom. The quantitative estimate of drug-likeness (QED) is 0.646. The average molecular weight is 210 g/mol. The van der Waals surface area contributed by atoms with E-state index >= 15 is 0 Å². The smallest absolute Gasteiger partial charge is 0.0152 e. The minimum atomic E-state index is 1.32. The Morgan fingerprint density at radius 2 is 1.31 bits per heavy atom. The van der Waals surface area contributed by atoms with E-state index in [2.05, 4.69) is 64.1 Å². The summed E-state index contributed by atoms with van der Waals surface area (Å²) in [4.78, 5) is 0. The van der Waals surface area contributed by atoms with E-state index in [0.29, 0.717) is 0 Å². The maximum atomic E-state index is 2.27. The second kappa shape index (κ2) is 4.13. The van der Waals surface area contributed by atoms with Crippen LogP contribution in [0.4, 0.5) is 0 Å². The van der Waals surface area contributed by atoms with Gasteiger partial charge in [-0.25, -0.2) is 0 Å². The maximum absolute atomic E-state index is 2.27. The third-order valence-electron chi connectivity index (χ3n) is 3.21. The van der Waals surface area contributed by atoms with Crippen molar-refractivity contribution in [2.75, 3.05) is 0 Å². The Kier molecular flexibility index (Phi) is 2.82. The lowest BCUT2D eigenvalue weighted by Crippen LogP contribution is -1.87. The Hall–Kier alpha value is -1.56. The van der Waals surface area contributed by atoms with Gasteiger partial charge in [-0.3, -0.25) is 0 Å². The molecule has 0 bridgehead atoms. The van der Waals surface area contributed by atoms with Gasteiger partial charge in [0.15, 0.2) is 0 Å². The van der Waals surface area contributed by atoms with Gasteiger partial charge >= 0.3 is 0 Å². The Labute approximate surface area is 97.9 Å². The van der Waals surface area contributed by atoms with Crippen LogP contribution in [0.2, 0.25) is 0 Å². The molecule has 0 aliphatic heterocycles. The van der Waals surface area contributed by atoms with E-state index in [4.69, 9.17) is 0 Å². The van der Waals surface area contributed by atoms with Crippen LogP contribution >= 0.6 is 0 Å². The van der Waals surface area contributed by atoms with Gasteiger partial charge < -0.3 is 0 Å². The Balaban J connectivity index is 2.58. The van der Waals surface area contributed by atoms with Crippen LogP contribution in [0.25, 0.3) is 11.1 Å². The molecule has 0 fully saturated rings. The maximum Gasteiger partial charge on any atom is -0.0152 e. The van der Waals surface area contributed by atoms with Gasteiger partial charge in [0.2, 0.25) is 0 Å². The van der Waals surface area contributed by atoms with Gasteiger partial charge in [-0.15, -0.1) is 0 Å². The van der Waals surface area contributed by atoms with Crippen LogP contribution in [0.1, 0.15) is 22.3 Å².